The lowest BCUT2D eigenvalue weighted by atomic mass is 10.1. The van der Waals surface area contributed by atoms with E-state index in [1.807, 2.05) is 57.2 Å². The Balaban J connectivity index is 1.81. The van der Waals surface area contributed by atoms with Crippen molar-refractivity contribution in [1.29, 1.82) is 0 Å². The molecule has 2 N–H and O–H groups in total. The molecule has 1 aromatic heterocycles. The number of aryl methyl sites for hydroxylation is 2. The molecule has 0 fully saturated rings. The number of aromatic nitrogens is 2. The van der Waals surface area contributed by atoms with Crippen LogP contribution in [0.3, 0.4) is 0 Å². The Morgan fingerprint density at radius 1 is 1.18 bits per heavy atom. The maximum Gasteiger partial charge on any atom is 0.274 e. The number of amides is 1. The molecular formula is C21H21ClN4O2. The lowest BCUT2D eigenvalue weighted by Gasteiger charge is -2.13. The molecule has 1 amide bonds. The molecule has 3 rings (SSSR count). The molecule has 3 aromatic rings. The molecule has 2 aromatic carbocycles. The summed E-state index contributed by atoms with van der Waals surface area (Å²) in [5, 5.41) is 6.41. The quantitative estimate of drug-likeness (QED) is 0.603. The number of ether oxygens (including phenoxy) is 1. The molecule has 144 valence electrons. The summed E-state index contributed by atoms with van der Waals surface area (Å²) in [5.74, 6) is 0.620. The largest absolute Gasteiger partial charge is 0.492 e. The van der Waals surface area contributed by atoms with E-state index in [-0.39, 0.29) is 11.6 Å². The number of rotatable bonds is 6. The molecule has 0 atom stereocenters. The van der Waals surface area contributed by atoms with Crippen molar-refractivity contribution < 1.29 is 9.53 Å². The zero-order chi connectivity index (χ0) is 20.1. The van der Waals surface area contributed by atoms with E-state index in [4.69, 9.17) is 16.3 Å². The first-order valence-corrected chi connectivity index (χ1v) is 9.25. The highest BCUT2D eigenvalue weighted by molar-refractivity contribution is 6.34. The van der Waals surface area contributed by atoms with Crippen molar-refractivity contribution in [2.75, 3.05) is 17.2 Å². The summed E-state index contributed by atoms with van der Waals surface area (Å²) in [6, 6.07) is 12.8. The second kappa shape index (κ2) is 8.71. The van der Waals surface area contributed by atoms with E-state index < -0.39 is 0 Å². The van der Waals surface area contributed by atoms with Crippen molar-refractivity contribution in [3.05, 3.63) is 70.5 Å². The first kappa shape index (κ1) is 19.6. The Hall–Kier alpha value is -3.12. The summed E-state index contributed by atoms with van der Waals surface area (Å²) in [5.41, 5.74) is 3.44. The van der Waals surface area contributed by atoms with Crippen molar-refractivity contribution in [1.82, 2.24) is 9.97 Å². The van der Waals surface area contributed by atoms with Crippen LogP contribution in [-0.2, 0) is 0 Å². The van der Waals surface area contributed by atoms with E-state index in [0.717, 1.165) is 16.8 Å². The molecule has 0 aliphatic carbocycles. The van der Waals surface area contributed by atoms with Gasteiger partial charge in [-0.25, -0.2) is 9.97 Å². The third-order valence-corrected chi connectivity index (χ3v) is 4.29. The highest BCUT2D eigenvalue weighted by Gasteiger charge is 2.14. The number of anilines is 3. The number of carbonyl (C=O) groups is 1. The SMILES string of the molecule is CCOc1ccccc1Nc1nccc(C(=O)Nc2c(C)cc(C)cc2Cl)n1. The minimum atomic E-state index is -0.364. The van der Waals surface area contributed by atoms with Crippen molar-refractivity contribution in [2.24, 2.45) is 0 Å². The third kappa shape index (κ3) is 4.58. The molecule has 0 radical (unpaired) electrons. The van der Waals surface area contributed by atoms with Crippen LogP contribution >= 0.6 is 11.6 Å². The number of hydrogen-bond donors (Lipinski definition) is 2. The molecule has 0 aliphatic heterocycles. The van der Waals surface area contributed by atoms with Crippen molar-refractivity contribution in [3.63, 3.8) is 0 Å². The van der Waals surface area contributed by atoms with Crippen molar-refractivity contribution in [2.45, 2.75) is 20.8 Å². The van der Waals surface area contributed by atoms with E-state index in [1.54, 1.807) is 6.07 Å². The van der Waals surface area contributed by atoms with Gasteiger partial charge in [0.05, 0.1) is 23.0 Å². The first-order valence-electron chi connectivity index (χ1n) is 8.88. The minimum absolute atomic E-state index is 0.224. The average molecular weight is 397 g/mol. The number of nitrogens with zero attached hydrogens (tertiary/aromatic N) is 2. The fraction of sp³-hybridized carbons (Fsp3) is 0.190. The molecule has 0 spiro atoms. The molecule has 0 saturated heterocycles. The van der Waals surface area contributed by atoms with E-state index in [2.05, 4.69) is 20.6 Å². The highest BCUT2D eigenvalue weighted by atomic mass is 35.5. The number of carbonyl (C=O) groups excluding carboxylic acids is 1. The Morgan fingerprint density at radius 3 is 2.71 bits per heavy atom. The molecule has 1 heterocycles. The van der Waals surface area contributed by atoms with Crippen LogP contribution in [0.4, 0.5) is 17.3 Å². The van der Waals surface area contributed by atoms with Crippen LogP contribution in [0, 0.1) is 13.8 Å². The fourth-order valence-electron chi connectivity index (χ4n) is 2.77. The normalized spacial score (nSPS) is 10.4. The fourth-order valence-corrected chi connectivity index (χ4v) is 3.14. The number of halogens is 1. The lowest BCUT2D eigenvalue weighted by Crippen LogP contribution is -2.16. The topological polar surface area (TPSA) is 76.1 Å². The Bertz CT molecular complexity index is 984. The van der Waals surface area contributed by atoms with Crippen LogP contribution < -0.4 is 15.4 Å². The van der Waals surface area contributed by atoms with Gasteiger partial charge >= 0.3 is 0 Å². The predicted molar refractivity (Wildman–Crippen MR) is 112 cm³/mol. The van der Waals surface area contributed by atoms with Gasteiger partial charge in [-0.15, -0.1) is 0 Å². The molecule has 28 heavy (non-hydrogen) atoms. The molecule has 7 heteroatoms. The zero-order valence-electron chi connectivity index (χ0n) is 15.9. The van der Waals surface area contributed by atoms with Gasteiger partial charge in [0.1, 0.15) is 11.4 Å². The van der Waals surface area contributed by atoms with Gasteiger partial charge in [-0.2, -0.15) is 0 Å². The van der Waals surface area contributed by atoms with Gasteiger partial charge in [-0.3, -0.25) is 4.79 Å². The smallest absolute Gasteiger partial charge is 0.274 e. The van der Waals surface area contributed by atoms with Gasteiger partial charge in [-0.05, 0) is 56.2 Å². The maximum absolute atomic E-state index is 12.7. The first-order chi connectivity index (χ1) is 13.5. The van der Waals surface area contributed by atoms with Crippen molar-refractivity contribution >= 4 is 34.8 Å². The number of nitrogens with one attached hydrogen (secondary N) is 2. The summed E-state index contributed by atoms with van der Waals surface area (Å²) in [4.78, 5) is 21.2. The van der Waals surface area contributed by atoms with E-state index >= 15 is 0 Å². The van der Waals surface area contributed by atoms with Crippen LogP contribution in [0.1, 0.15) is 28.5 Å². The number of benzene rings is 2. The van der Waals surface area contributed by atoms with Gasteiger partial charge < -0.3 is 15.4 Å². The summed E-state index contributed by atoms with van der Waals surface area (Å²) < 4.78 is 5.59. The minimum Gasteiger partial charge on any atom is -0.492 e. The molecule has 0 unspecified atom stereocenters. The lowest BCUT2D eigenvalue weighted by molar-refractivity contribution is 0.102. The van der Waals surface area contributed by atoms with E-state index in [9.17, 15) is 4.79 Å². The van der Waals surface area contributed by atoms with Crippen molar-refractivity contribution in [3.8, 4) is 5.75 Å². The predicted octanol–water partition coefficient (Wildman–Crippen LogP) is 5.14. The Morgan fingerprint density at radius 2 is 1.96 bits per heavy atom. The van der Waals surface area contributed by atoms with Crippen LogP contribution in [0.15, 0.2) is 48.7 Å². The molecular weight excluding hydrogens is 376 g/mol. The summed E-state index contributed by atoms with van der Waals surface area (Å²) in [7, 11) is 0. The van der Waals surface area contributed by atoms with Gasteiger partial charge in [0, 0.05) is 6.20 Å². The molecule has 0 saturated carbocycles. The molecule has 6 nitrogen and oxygen atoms in total. The standard InChI is InChI=1S/C21H21ClN4O2/c1-4-28-18-8-6-5-7-16(18)24-21-23-10-9-17(25-21)20(27)26-19-14(3)11-13(2)12-15(19)22/h5-12H,4H2,1-3H3,(H,26,27)(H,23,24,25). The van der Waals surface area contributed by atoms with E-state index in [0.29, 0.717) is 29.0 Å². The van der Waals surface area contributed by atoms with Crippen LogP contribution in [0.25, 0.3) is 0 Å². The van der Waals surface area contributed by atoms with Crippen LogP contribution in [-0.4, -0.2) is 22.5 Å². The molecule has 0 aliphatic rings. The van der Waals surface area contributed by atoms with Gasteiger partial charge in [-0.1, -0.05) is 29.8 Å². The highest BCUT2D eigenvalue weighted by Crippen LogP contribution is 2.28. The van der Waals surface area contributed by atoms with Gasteiger partial charge in [0.15, 0.2) is 0 Å². The second-order valence-electron chi connectivity index (χ2n) is 6.21. The second-order valence-corrected chi connectivity index (χ2v) is 6.62. The monoisotopic (exact) mass is 396 g/mol. The Kier molecular flexibility index (Phi) is 6.11. The number of para-hydroxylation sites is 2. The summed E-state index contributed by atoms with van der Waals surface area (Å²) >= 11 is 6.28. The van der Waals surface area contributed by atoms with E-state index in [1.165, 1.54) is 6.20 Å². The summed E-state index contributed by atoms with van der Waals surface area (Å²) in [6.45, 7) is 6.30. The van der Waals surface area contributed by atoms with Gasteiger partial charge in [0.2, 0.25) is 5.95 Å². The zero-order valence-corrected chi connectivity index (χ0v) is 16.7. The maximum atomic E-state index is 12.7. The van der Waals surface area contributed by atoms with Crippen LogP contribution in [0.2, 0.25) is 5.02 Å². The van der Waals surface area contributed by atoms with Gasteiger partial charge in [0.25, 0.3) is 5.91 Å². The third-order valence-electron chi connectivity index (χ3n) is 3.99. The molecule has 0 bridgehead atoms. The summed E-state index contributed by atoms with van der Waals surface area (Å²) in [6.07, 6.45) is 1.52. The van der Waals surface area contributed by atoms with Crippen LogP contribution in [0.5, 0.6) is 5.75 Å². The number of hydrogen-bond acceptors (Lipinski definition) is 5. The average Bonchev–Trinajstić information content (AvgIpc) is 2.66. The Labute approximate surface area is 168 Å².